The lowest BCUT2D eigenvalue weighted by molar-refractivity contribution is -0.0827. The van der Waals surface area contributed by atoms with Crippen LogP contribution < -0.4 is 0 Å². The van der Waals surface area contributed by atoms with Gasteiger partial charge in [-0.2, -0.15) is 0 Å². The third kappa shape index (κ3) is 1.79. The monoisotopic (exact) mass is 272 g/mol. The van der Waals surface area contributed by atoms with Crippen LogP contribution in [0.5, 0.6) is 0 Å². The molecule has 0 radical (unpaired) electrons. The first-order valence-electron chi connectivity index (χ1n) is 9.31. The molecule has 3 saturated carbocycles. The predicted molar refractivity (Wildman–Crippen MR) is 85.5 cm³/mol. The Kier molecular flexibility index (Phi) is 3.09. The lowest BCUT2D eigenvalue weighted by Gasteiger charge is -2.58. The molecular formula is C20H32. The van der Waals surface area contributed by atoms with Gasteiger partial charge in [-0.15, -0.1) is 0 Å². The van der Waals surface area contributed by atoms with Crippen molar-refractivity contribution < 1.29 is 0 Å². The Labute approximate surface area is 125 Å². The molecule has 0 bridgehead atoms. The molecule has 0 aliphatic heterocycles. The van der Waals surface area contributed by atoms with E-state index >= 15 is 0 Å². The van der Waals surface area contributed by atoms with Crippen molar-refractivity contribution in [1.82, 2.24) is 0 Å². The summed E-state index contributed by atoms with van der Waals surface area (Å²) in [7, 11) is 0. The van der Waals surface area contributed by atoms with Gasteiger partial charge in [-0.25, -0.2) is 0 Å². The molecule has 0 aromatic carbocycles. The SMILES string of the molecule is CC12C=CCC1C1CCC3CCCCCC3(C)C1CC2. The minimum Gasteiger partial charge on any atom is -0.0877 e. The Hall–Kier alpha value is -0.260. The van der Waals surface area contributed by atoms with Gasteiger partial charge in [0, 0.05) is 0 Å². The molecule has 6 atom stereocenters. The van der Waals surface area contributed by atoms with Crippen LogP contribution in [0.2, 0.25) is 0 Å². The molecule has 0 heterocycles. The molecule has 6 unspecified atom stereocenters. The van der Waals surface area contributed by atoms with Crippen LogP contribution in [0.4, 0.5) is 0 Å². The molecule has 4 rings (SSSR count). The highest BCUT2D eigenvalue weighted by molar-refractivity contribution is 5.15. The van der Waals surface area contributed by atoms with Gasteiger partial charge < -0.3 is 0 Å². The highest BCUT2D eigenvalue weighted by atomic mass is 14.6. The summed E-state index contributed by atoms with van der Waals surface area (Å²) in [4.78, 5) is 0. The van der Waals surface area contributed by atoms with Gasteiger partial charge in [0.25, 0.3) is 0 Å². The molecule has 0 aromatic heterocycles. The fourth-order valence-corrected chi connectivity index (χ4v) is 6.95. The fraction of sp³-hybridized carbons (Fsp3) is 0.900. The van der Waals surface area contributed by atoms with Crippen LogP contribution in [0.25, 0.3) is 0 Å². The summed E-state index contributed by atoms with van der Waals surface area (Å²) in [5.41, 5.74) is 1.26. The van der Waals surface area contributed by atoms with Crippen molar-refractivity contribution >= 4 is 0 Å². The summed E-state index contributed by atoms with van der Waals surface area (Å²) in [6, 6.07) is 0. The molecule has 3 fully saturated rings. The lowest BCUT2D eigenvalue weighted by atomic mass is 9.47. The van der Waals surface area contributed by atoms with E-state index in [9.17, 15) is 0 Å². The third-order valence-electron chi connectivity index (χ3n) is 8.16. The fourth-order valence-electron chi connectivity index (χ4n) is 6.95. The Morgan fingerprint density at radius 2 is 1.75 bits per heavy atom. The maximum absolute atomic E-state index is 2.70. The van der Waals surface area contributed by atoms with E-state index in [0.29, 0.717) is 10.8 Å². The van der Waals surface area contributed by atoms with Crippen molar-refractivity contribution in [2.75, 3.05) is 0 Å². The molecule has 0 spiro atoms. The summed E-state index contributed by atoms with van der Waals surface area (Å²) in [5, 5.41) is 0. The molecule has 112 valence electrons. The maximum Gasteiger partial charge on any atom is -0.0112 e. The Morgan fingerprint density at radius 3 is 2.65 bits per heavy atom. The van der Waals surface area contributed by atoms with Gasteiger partial charge in [0.15, 0.2) is 0 Å². The maximum atomic E-state index is 2.70. The van der Waals surface area contributed by atoms with Crippen LogP contribution in [0.15, 0.2) is 12.2 Å². The summed E-state index contributed by atoms with van der Waals surface area (Å²) < 4.78 is 0. The van der Waals surface area contributed by atoms with Crippen molar-refractivity contribution in [3.8, 4) is 0 Å². The highest BCUT2D eigenvalue weighted by Gasteiger charge is 2.55. The standard InChI is InChI=1S/C20H32/c1-19-12-6-8-17(19)16-10-9-15-7-4-3-5-13-20(15,2)18(16)11-14-19/h6,12,15-18H,3-5,7-11,13-14H2,1-2H3. The van der Waals surface area contributed by atoms with Crippen molar-refractivity contribution in [3.05, 3.63) is 12.2 Å². The first-order chi connectivity index (χ1) is 9.63. The molecule has 20 heavy (non-hydrogen) atoms. The smallest absolute Gasteiger partial charge is 0.0112 e. The average Bonchev–Trinajstić information content (AvgIpc) is 2.71. The Balaban J connectivity index is 1.64. The summed E-state index contributed by atoms with van der Waals surface area (Å²) in [5.74, 6) is 4.15. The third-order valence-corrected chi connectivity index (χ3v) is 8.16. The van der Waals surface area contributed by atoms with E-state index in [2.05, 4.69) is 26.0 Å². The van der Waals surface area contributed by atoms with Crippen LogP contribution in [-0.2, 0) is 0 Å². The second kappa shape index (κ2) is 4.62. The van der Waals surface area contributed by atoms with E-state index in [1.807, 2.05) is 0 Å². The topological polar surface area (TPSA) is 0 Å². The number of rotatable bonds is 0. The van der Waals surface area contributed by atoms with Gasteiger partial charge in [-0.3, -0.25) is 0 Å². The van der Waals surface area contributed by atoms with Gasteiger partial charge in [0.1, 0.15) is 0 Å². The zero-order chi connectivity index (χ0) is 13.8. The first-order valence-corrected chi connectivity index (χ1v) is 9.31. The molecule has 0 aromatic rings. The predicted octanol–water partition coefficient (Wildman–Crippen LogP) is 5.98. The zero-order valence-corrected chi connectivity index (χ0v) is 13.5. The Bertz CT molecular complexity index is 408. The minimum absolute atomic E-state index is 0.565. The Morgan fingerprint density at radius 1 is 0.850 bits per heavy atom. The van der Waals surface area contributed by atoms with Crippen molar-refractivity contribution in [1.29, 1.82) is 0 Å². The summed E-state index contributed by atoms with van der Waals surface area (Å²) in [6.07, 6.45) is 20.2. The zero-order valence-electron chi connectivity index (χ0n) is 13.5. The molecule has 0 heteroatoms. The number of hydrogen-bond donors (Lipinski definition) is 0. The van der Waals surface area contributed by atoms with Gasteiger partial charge in [0.05, 0.1) is 0 Å². The van der Waals surface area contributed by atoms with Gasteiger partial charge in [-0.1, -0.05) is 45.3 Å². The van der Waals surface area contributed by atoms with Crippen LogP contribution in [0.3, 0.4) is 0 Å². The van der Waals surface area contributed by atoms with Gasteiger partial charge in [-0.05, 0) is 79.4 Å². The van der Waals surface area contributed by atoms with E-state index in [0.717, 1.165) is 23.7 Å². The second-order valence-corrected chi connectivity index (χ2v) is 8.94. The average molecular weight is 272 g/mol. The van der Waals surface area contributed by atoms with E-state index in [-0.39, 0.29) is 0 Å². The van der Waals surface area contributed by atoms with Gasteiger partial charge >= 0.3 is 0 Å². The normalized spacial score (nSPS) is 54.7. The number of hydrogen-bond acceptors (Lipinski definition) is 0. The summed E-state index contributed by atoms with van der Waals surface area (Å²) in [6.45, 7) is 5.25. The molecule has 0 amide bonds. The molecule has 4 aliphatic carbocycles. The van der Waals surface area contributed by atoms with Crippen molar-refractivity contribution in [2.24, 2.45) is 34.5 Å². The van der Waals surface area contributed by atoms with Crippen molar-refractivity contribution in [2.45, 2.75) is 78.1 Å². The van der Waals surface area contributed by atoms with E-state index in [4.69, 9.17) is 0 Å². The van der Waals surface area contributed by atoms with Crippen LogP contribution >= 0.6 is 0 Å². The van der Waals surface area contributed by atoms with Crippen LogP contribution in [-0.4, -0.2) is 0 Å². The molecule has 0 N–H and O–H groups in total. The van der Waals surface area contributed by atoms with Crippen molar-refractivity contribution in [3.63, 3.8) is 0 Å². The molecule has 4 aliphatic rings. The number of allylic oxidation sites excluding steroid dienone is 2. The lowest BCUT2D eigenvalue weighted by Crippen LogP contribution is -2.50. The quantitative estimate of drug-likeness (QED) is 0.476. The minimum atomic E-state index is 0.565. The van der Waals surface area contributed by atoms with Gasteiger partial charge in [0.2, 0.25) is 0 Å². The van der Waals surface area contributed by atoms with E-state index in [1.165, 1.54) is 44.9 Å². The van der Waals surface area contributed by atoms with E-state index < -0.39 is 0 Å². The van der Waals surface area contributed by atoms with Crippen LogP contribution in [0.1, 0.15) is 78.1 Å². The summed E-state index contributed by atoms with van der Waals surface area (Å²) >= 11 is 0. The van der Waals surface area contributed by atoms with Crippen LogP contribution in [0, 0.1) is 34.5 Å². The second-order valence-electron chi connectivity index (χ2n) is 8.94. The number of fused-ring (bicyclic) bond motifs is 5. The van der Waals surface area contributed by atoms with E-state index in [1.54, 1.807) is 19.3 Å². The molecule has 0 saturated heterocycles. The first kappa shape index (κ1) is 13.4. The molecular weight excluding hydrogens is 240 g/mol. The largest absolute Gasteiger partial charge is 0.0877 e. The highest BCUT2D eigenvalue weighted by Crippen LogP contribution is 2.64. The molecule has 0 nitrogen and oxygen atoms in total.